The average Bonchev–Trinajstić information content (AvgIpc) is 2.83. The molecule has 7 nitrogen and oxygen atoms in total. The van der Waals surface area contributed by atoms with Crippen LogP contribution in [0, 0.1) is 6.92 Å². The van der Waals surface area contributed by atoms with Gasteiger partial charge < -0.3 is 9.30 Å². The van der Waals surface area contributed by atoms with Crippen LogP contribution in [0.25, 0.3) is 0 Å². The molecule has 0 unspecified atom stereocenters. The molecule has 9 heteroatoms. The Bertz CT molecular complexity index is 713. The summed E-state index contributed by atoms with van der Waals surface area (Å²) in [5.41, 5.74) is 0.626. The topological polar surface area (TPSA) is 86.1 Å². The van der Waals surface area contributed by atoms with Gasteiger partial charge >= 0.3 is 0 Å². The molecular weight excluding hydrogens is 360 g/mol. The number of nitrogens with zero attached hydrogens (tertiary/aromatic N) is 3. The summed E-state index contributed by atoms with van der Waals surface area (Å²) in [5, 5.41) is 11.4. The summed E-state index contributed by atoms with van der Waals surface area (Å²) in [6.07, 6.45) is 1.63. The predicted octanol–water partition coefficient (Wildman–Crippen LogP) is 1.56. The molecule has 0 aliphatic carbocycles. The van der Waals surface area contributed by atoms with Crippen molar-refractivity contribution < 1.29 is 9.53 Å². The van der Waals surface area contributed by atoms with Crippen LogP contribution >= 0.6 is 27.3 Å². The van der Waals surface area contributed by atoms with E-state index in [1.54, 1.807) is 19.4 Å². The Balaban J connectivity index is 2.06. The molecule has 21 heavy (non-hydrogen) atoms. The number of hydrogen-bond donors (Lipinski definition) is 1. The zero-order valence-electron chi connectivity index (χ0n) is 11.4. The Labute approximate surface area is 133 Å². The number of hydrogen-bond acceptors (Lipinski definition) is 6. The number of halogens is 1. The molecule has 0 saturated carbocycles. The van der Waals surface area contributed by atoms with Gasteiger partial charge in [0.05, 0.1) is 4.47 Å². The maximum atomic E-state index is 11.9. The minimum Gasteiger partial charge on any atom is -0.377 e. The Morgan fingerprint density at radius 3 is 3.00 bits per heavy atom. The molecular formula is C12H13BrN4O3S. The smallest absolute Gasteiger partial charge is 0.265 e. The number of ether oxygens (including phenoxy) is 1. The van der Waals surface area contributed by atoms with Gasteiger partial charge in [-0.3, -0.25) is 14.9 Å². The molecule has 0 spiro atoms. The lowest BCUT2D eigenvalue weighted by atomic mass is 10.3. The zero-order chi connectivity index (χ0) is 15.4. The quantitative estimate of drug-likeness (QED) is 0.860. The van der Waals surface area contributed by atoms with E-state index in [-0.39, 0.29) is 18.0 Å². The van der Waals surface area contributed by atoms with E-state index in [1.165, 1.54) is 15.9 Å². The highest BCUT2D eigenvalue weighted by Crippen LogP contribution is 2.15. The fraction of sp³-hybridized carbons (Fsp3) is 0.333. The second kappa shape index (κ2) is 6.92. The van der Waals surface area contributed by atoms with Crippen molar-refractivity contribution in [2.45, 2.75) is 20.1 Å². The van der Waals surface area contributed by atoms with Crippen molar-refractivity contribution in [2.75, 3.05) is 12.4 Å². The number of pyridine rings is 1. The third-order valence-corrected chi connectivity index (χ3v) is 3.85. The third kappa shape index (κ3) is 4.19. The van der Waals surface area contributed by atoms with Gasteiger partial charge in [-0.25, -0.2) is 0 Å². The Hall–Kier alpha value is -1.58. The van der Waals surface area contributed by atoms with Crippen LogP contribution in [0.2, 0.25) is 0 Å². The van der Waals surface area contributed by atoms with Gasteiger partial charge in [0.15, 0.2) is 0 Å². The summed E-state index contributed by atoms with van der Waals surface area (Å²) < 4.78 is 6.69. The van der Waals surface area contributed by atoms with Crippen molar-refractivity contribution in [3.63, 3.8) is 0 Å². The Morgan fingerprint density at radius 2 is 2.29 bits per heavy atom. The third-order valence-electron chi connectivity index (χ3n) is 2.47. The molecule has 0 atom stereocenters. The summed E-state index contributed by atoms with van der Waals surface area (Å²) >= 11 is 4.41. The molecule has 1 amide bonds. The van der Waals surface area contributed by atoms with Crippen molar-refractivity contribution >= 4 is 38.3 Å². The van der Waals surface area contributed by atoms with E-state index < -0.39 is 0 Å². The van der Waals surface area contributed by atoms with Gasteiger partial charge in [-0.15, -0.1) is 10.2 Å². The first-order chi connectivity index (χ1) is 9.99. The number of aromatic nitrogens is 3. The molecule has 2 aromatic rings. The summed E-state index contributed by atoms with van der Waals surface area (Å²) in [4.78, 5) is 23.8. The Kier molecular flexibility index (Phi) is 5.21. The molecule has 0 aromatic carbocycles. The maximum Gasteiger partial charge on any atom is 0.265 e. The largest absolute Gasteiger partial charge is 0.377 e. The SMILES string of the molecule is COCc1nnc(NC(=O)Cn2cc(C)cc(Br)c2=O)s1. The molecule has 2 aromatic heterocycles. The van der Waals surface area contributed by atoms with E-state index in [9.17, 15) is 9.59 Å². The number of aryl methyl sites for hydroxylation is 1. The van der Waals surface area contributed by atoms with Crippen LogP contribution < -0.4 is 10.9 Å². The van der Waals surface area contributed by atoms with Crippen molar-refractivity contribution in [3.05, 3.63) is 37.7 Å². The number of carbonyl (C=O) groups excluding carboxylic acids is 1. The minimum atomic E-state index is -0.338. The zero-order valence-corrected chi connectivity index (χ0v) is 13.8. The molecule has 0 radical (unpaired) electrons. The first kappa shape index (κ1) is 15.8. The van der Waals surface area contributed by atoms with Gasteiger partial charge in [-0.1, -0.05) is 11.3 Å². The van der Waals surface area contributed by atoms with E-state index in [0.717, 1.165) is 5.56 Å². The fourth-order valence-electron chi connectivity index (χ4n) is 1.66. The number of nitrogens with one attached hydrogen (secondary N) is 1. The molecule has 112 valence electrons. The first-order valence-electron chi connectivity index (χ1n) is 5.97. The van der Waals surface area contributed by atoms with Crippen LogP contribution in [0.3, 0.4) is 0 Å². The number of carbonyl (C=O) groups is 1. The number of methoxy groups -OCH3 is 1. The van der Waals surface area contributed by atoms with Crippen molar-refractivity contribution in [2.24, 2.45) is 0 Å². The second-order valence-corrected chi connectivity index (χ2v) is 6.20. The molecule has 0 aliphatic rings. The molecule has 0 saturated heterocycles. The standard InChI is InChI=1S/C12H13BrN4O3S/c1-7-3-8(13)11(19)17(4-7)5-9(18)14-12-16-15-10(21-12)6-20-2/h3-4H,5-6H2,1-2H3,(H,14,16,18). The lowest BCUT2D eigenvalue weighted by Crippen LogP contribution is -2.27. The van der Waals surface area contributed by atoms with Crippen molar-refractivity contribution in [1.82, 2.24) is 14.8 Å². The molecule has 0 fully saturated rings. The summed E-state index contributed by atoms with van der Waals surface area (Å²) in [7, 11) is 1.56. The number of rotatable bonds is 5. The van der Waals surface area contributed by atoms with E-state index in [0.29, 0.717) is 21.2 Å². The summed E-state index contributed by atoms with van der Waals surface area (Å²) in [6, 6.07) is 1.71. The molecule has 2 heterocycles. The predicted molar refractivity (Wildman–Crippen MR) is 82.4 cm³/mol. The van der Waals surface area contributed by atoms with Crippen molar-refractivity contribution in [1.29, 1.82) is 0 Å². The van der Waals surface area contributed by atoms with Gasteiger partial charge in [0, 0.05) is 13.3 Å². The van der Waals surface area contributed by atoms with Gasteiger partial charge in [-0.05, 0) is 34.5 Å². The van der Waals surface area contributed by atoms with E-state index in [1.807, 2.05) is 6.92 Å². The van der Waals surface area contributed by atoms with Crippen LogP contribution in [0.15, 0.2) is 21.5 Å². The highest BCUT2D eigenvalue weighted by molar-refractivity contribution is 9.10. The lowest BCUT2D eigenvalue weighted by molar-refractivity contribution is -0.116. The lowest BCUT2D eigenvalue weighted by Gasteiger charge is -2.07. The monoisotopic (exact) mass is 372 g/mol. The van der Waals surface area contributed by atoms with Crippen LogP contribution in [0.4, 0.5) is 5.13 Å². The van der Waals surface area contributed by atoms with Gasteiger partial charge in [0.1, 0.15) is 18.2 Å². The average molecular weight is 373 g/mol. The van der Waals surface area contributed by atoms with Crippen LogP contribution in [-0.4, -0.2) is 27.8 Å². The normalized spacial score (nSPS) is 10.6. The molecule has 1 N–H and O–H groups in total. The number of amides is 1. The highest BCUT2D eigenvalue weighted by atomic mass is 79.9. The number of anilines is 1. The van der Waals surface area contributed by atoms with Gasteiger partial charge in [0.25, 0.3) is 5.56 Å². The summed E-state index contributed by atoms with van der Waals surface area (Å²) in [5.74, 6) is -0.338. The van der Waals surface area contributed by atoms with Crippen LogP contribution in [0.1, 0.15) is 10.6 Å². The molecule has 2 rings (SSSR count). The van der Waals surface area contributed by atoms with Gasteiger partial charge in [-0.2, -0.15) is 0 Å². The first-order valence-corrected chi connectivity index (χ1v) is 7.58. The highest BCUT2D eigenvalue weighted by Gasteiger charge is 2.11. The van der Waals surface area contributed by atoms with Crippen LogP contribution in [0.5, 0.6) is 0 Å². The van der Waals surface area contributed by atoms with E-state index in [2.05, 4.69) is 31.4 Å². The van der Waals surface area contributed by atoms with Gasteiger partial charge in [0.2, 0.25) is 11.0 Å². The van der Waals surface area contributed by atoms with Crippen LogP contribution in [-0.2, 0) is 22.7 Å². The van der Waals surface area contributed by atoms with E-state index >= 15 is 0 Å². The van der Waals surface area contributed by atoms with E-state index in [4.69, 9.17) is 4.74 Å². The molecule has 0 aliphatic heterocycles. The maximum absolute atomic E-state index is 11.9. The minimum absolute atomic E-state index is 0.0850. The van der Waals surface area contributed by atoms with Crippen molar-refractivity contribution in [3.8, 4) is 0 Å². The second-order valence-electron chi connectivity index (χ2n) is 4.28. The molecule has 0 bridgehead atoms. The fourth-order valence-corrected chi connectivity index (χ4v) is 2.97. The Morgan fingerprint density at radius 1 is 1.52 bits per heavy atom. The summed E-state index contributed by atoms with van der Waals surface area (Å²) in [6.45, 7) is 2.11.